The third kappa shape index (κ3) is 8.82. The first-order valence-electron chi connectivity index (χ1n) is 0.535. The first kappa shape index (κ1) is 9.68. The van der Waals surface area contributed by atoms with Gasteiger partial charge in [-0.15, -0.1) is 0 Å². The molecule has 0 aliphatic heterocycles. The fourth-order valence-corrected chi connectivity index (χ4v) is 0. The van der Waals surface area contributed by atoms with E-state index in [0.29, 0.717) is 0 Å². The van der Waals surface area contributed by atoms with Crippen molar-refractivity contribution in [3.05, 3.63) is 0 Å². The molecular weight excluding hydrogens is 228 g/mol. The molecule has 0 nitrogen and oxygen atoms in total. The average Bonchev–Trinajstić information content (AvgIpc) is 0.918. The third-order valence-corrected chi connectivity index (χ3v) is 0. The first-order valence-corrected chi connectivity index (χ1v) is 2.20. The second kappa shape index (κ2) is 9.07. The van der Waals surface area contributed by atoms with Crippen molar-refractivity contribution in [1.82, 2.24) is 0 Å². The van der Waals surface area contributed by atoms with Crippen LogP contribution in [0, 0.1) is 40.4 Å². The van der Waals surface area contributed by atoms with E-state index in [2.05, 4.69) is 0 Å². The van der Waals surface area contributed by atoms with E-state index in [1.165, 1.54) is 0 Å². The van der Waals surface area contributed by atoms with E-state index in [-0.39, 0.29) is 40.4 Å². The molecule has 0 aliphatic rings. The molecule has 0 aliphatic carbocycles. The van der Waals surface area contributed by atoms with Crippen molar-refractivity contribution in [3.8, 4) is 0 Å². The third-order valence-electron chi connectivity index (χ3n) is 0. The maximum Gasteiger partial charge on any atom is 0 e. The van der Waals surface area contributed by atoms with Gasteiger partial charge in [0, 0.05) is 40.4 Å². The van der Waals surface area contributed by atoms with Crippen LogP contribution in [0.5, 0.6) is 0 Å². The van der Waals surface area contributed by atoms with Crippen LogP contribution in [0.2, 0.25) is 0 Å². The Morgan fingerprint density at radius 3 is 1.25 bits per heavy atom. The maximum atomic E-state index is 9.81. The summed E-state index contributed by atoms with van der Waals surface area (Å²) in [6, 6.07) is 0. The summed E-state index contributed by atoms with van der Waals surface area (Å²) in [7, 11) is 0. The second-order valence-corrected chi connectivity index (χ2v) is 0.416. The summed E-state index contributed by atoms with van der Waals surface area (Å²) in [6.07, 6.45) is 0. The first-order chi connectivity index (χ1) is 1.41. The molecule has 4 heteroatoms. The summed E-state index contributed by atoms with van der Waals surface area (Å²) < 4.78 is 19.6. The Morgan fingerprint density at radius 2 is 1.25 bits per heavy atom. The van der Waals surface area contributed by atoms with E-state index in [1.807, 2.05) is 0 Å². The quantitative estimate of drug-likeness (QED) is 0.529. The molecule has 0 heterocycles. The molecule has 0 N–H and O–H groups in total. The fraction of sp³-hybridized carbons (Fsp3) is 0. The van der Waals surface area contributed by atoms with Crippen molar-refractivity contribution < 1.29 is 43.1 Å². The van der Waals surface area contributed by atoms with Crippen molar-refractivity contribution in [2.45, 2.75) is 0 Å². The van der Waals surface area contributed by atoms with Gasteiger partial charge in [-0.25, -0.2) is 0 Å². The van der Waals surface area contributed by atoms with Gasteiger partial charge in [0.15, 0.2) is 0 Å². The van der Waals surface area contributed by atoms with Crippen LogP contribution in [0.15, 0.2) is 0 Å². The van der Waals surface area contributed by atoms with Crippen LogP contribution in [0.25, 0.3) is 0 Å². The zero-order chi connectivity index (χ0) is 2.71. The van der Waals surface area contributed by atoms with Gasteiger partial charge in [0.1, 0.15) is 0 Å². The Morgan fingerprint density at radius 1 is 1.25 bits per heavy atom. The maximum absolute atomic E-state index is 9.81. The van der Waals surface area contributed by atoms with Crippen LogP contribution in [-0.2, 0) is 0 Å². The topological polar surface area (TPSA) is 0 Å². The molecule has 0 fully saturated rings. The predicted octanol–water partition coefficient (Wildman–Crippen LogP) is 0.460. The van der Waals surface area contributed by atoms with Crippen molar-refractivity contribution >= 4 is 35.4 Å². The van der Waals surface area contributed by atoms with E-state index in [9.17, 15) is 2.73 Å². The molecule has 0 saturated carbocycles. The number of hydrogen-bond donors (Lipinski definition) is 0. The molecule has 0 amide bonds. The van der Waals surface area contributed by atoms with E-state index >= 15 is 0 Å². The van der Waals surface area contributed by atoms with Crippen molar-refractivity contribution in [2.75, 3.05) is 0 Å². The van der Waals surface area contributed by atoms with Crippen molar-refractivity contribution in [2.24, 2.45) is 0 Å². The molecule has 0 saturated heterocycles. The van der Waals surface area contributed by atoms with Crippen LogP contribution in [0.3, 0.4) is 0 Å². The van der Waals surface area contributed by atoms with Crippen LogP contribution < -0.4 is 0 Å². The fourth-order valence-electron chi connectivity index (χ4n) is 0. The molecule has 0 rings (SSSR count). The summed E-state index contributed by atoms with van der Waals surface area (Å²) in [4.78, 5) is 0. The number of halogens is 2. The smallest absolute Gasteiger partial charge is 0 e. The Labute approximate surface area is 76.5 Å². The Kier molecular flexibility index (Phi) is 22.0. The summed E-state index contributed by atoms with van der Waals surface area (Å²) in [5, 5.41) is 0. The molecule has 0 aromatic rings. The molecule has 0 aromatic carbocycles. The van der Waals surface area contributed by atoms with Crippen LogP contribution >= 0.6 is 0 Å². The molecule has 4 heavy (non-hydrogen) atoms. The van der Waals surface area contributed by atoms with Gasteiger partial charge in [0.05, 0.1) is 0 Å². The molecule has 22 valence electrons. The molecule has 0 atom stereocenters. The van der Waals surface area contributed by atoms with Crippen LogP contribution in [0.4, 0.5) is 2.73 Å². The normalized spacial score (nSPS) is 2.50. The summed E-state index contributed by atoms with van der Waals surface area (Å²) in [6.45, 7) is 0. The Hall–Kier alpha value is 2.46. The molecule has 0 aromatic heterocycles. The largest absolute Gasteiger partial charge is 0 e. The van der Waals surface area contributed by atoms with Gasteiger partial charge in [0.2, 0.25) is 0 Å². The van der Waals surface area contributed by atoms with Gasteiger partial charge < -0.3 is 0 Å². The van der Waals surface area contributed by atoms with E-state index < -0.39 is 35.4 Å². The monoisotopic (exact) mass is 230 g/mol. The molecule has 0 bridgehead atoms. The van der Waals surface area contributed by atoms with Crippen LogP contribution in [0.1, 0.15) is 0 Å². The van der Waals surface area contributed by atoms with E-state index in [1.54, 1.807) is 0 Å². The predicted molar refractivity (Wildman–Crippen MR) is 7.97 cm³/mol. The average molecular weight is 228 g/mol. The zero-order valence-corrected chi connectivity index (χ0v) is 6.70. The number of rotatable bonds is 0. The van der Waals surface area contributed by atoms with Gasteiger partial charge in [-0.05, 0) is 0 Å². The molecule has 0 unspecified atom stereocenters. The van der Waals surface area contributed by atoms with Crippen molar-refractivity contribution in [3.63, 3.8) is 0 Å². The Balaban J connectivity index is 0. The minimum Gasteiger partial charge on any atom is 0 e. The minimum atomic E-state index is -2.88. The summed E-state index contributed by atoms with van der Waals surface area (Å²) in [5.74, 6) is 0. The number of hydrogen-bond acceptors (Lipinski definition) is 0. The van der Waals surface area contributed by atoms with Gasteiger partial charge in [-0.1, -0.05) is 0 Å². The minimum absolute atomic E-state index is 0. The molecule has 0 radical (unpaired) electrons. The standard InChI is InChI=1S/Ca.2FH.Sm/h;2*1H;/q+2;;;/p-2. The Bertz CT molecular complexity index is 6.00. The van der Waals surface area contributed by atoms with E-state index in [4.69, 9.17) is 0 Å². The second-order valence-electron chi connectivity index (χ2n) is 0.101. The SMILES string of the molecule is [F][Ca][F].[Sm]. The molecular formula is CaF2Sm. The van der Waals surface area contributed by atoms with Crippen molar-refractivity contribution in [1.29, 1.82) is 0 Å². The van der Waals surface area contributed by atoms with Gasteiger partial charge in [-0.2, -0.15) is 0 Å². The summed E-state index contributed by atoms with van der Waals surface area (Å²) >= 11 is -2.88. The van der Waals surface area contributed by atoms with E-state index in [0.717, 1.165) is 0 Å². The summed E-state index contributed by atoms with van der Waals surface area (Å²) in [5.41, 5.74) is 0. The zero-order valence-electron chi connectivity index (χ0n) is 1.87. The van der Waals surface area contributed by atoms with Crippen LogP contribution in [-0.4, -0.2) is 35.4 Å². The molecule has 0 spiro atoms. The van der Waals surface area contributed by atoms with Gasteiger partial charge in [-0.3, -0.25) is 0 Å². The van der Waals surface area contributed by atoms with Gasteiger partial charge >= 0.3 is 38.1 Å². The van der Waals surface area contributed by atoms with Gasteiger partial charge in [0.25, 0.3) is 0 Å².